The van der Waals surface area contributed by atoms with Crippen molar-refractivity contribution in [3.05, 3.63) is 59.1 Å². The molecule has 0 aliphatic heterocycles. The molecule has 0 saturated heterocycles. The summed E-state index contributed by atoms with van der Waals surface area (Å²) in [5.41, 5.74) is 5.86. The Hall–Kier alpha value is -2.36. The third-order valence-corrected chi connectivity index (χ3v) is 5.02. The summed E-state index contributed by atoms with van der Waals surface area (Å²) < 4.78 is 4.16. The van der Waals surface area contributed by atoms with Gasteiger partial charge >= 0.3 is 0 Å². The maximum absolute atomic E-state index is 4.15. The molecule has 9 heteroatoms. The zero-order valence-electron chi connectivity index (χ0n) is 13.0. The number of rotatable bonds is 6. The van der Waals surface area contributed by atoms with Crippen molar-refractivity contribution in [1.82, 2.24) is 34.4 Å². The van der Waals surface area contributed by atoms with Gasteiger partial charge < -0.3 is 0 Å². The van der Waals surface area contributed by atoms with Gasteiger partial charge in [-0.25, -0.2) is 0 Å². The Labute approximate surface area is 146 Å². The van der Waals surface area contributed by atoms with E-state index < -0.39 is 0 Å². The van der Waals surface area contributed by atoms with Crippen LogP contribution < -0.4 is 0 Å². The normalized spacial score (nSPS) is 11.4. The number of hydrogen-bond acceptors (Lipinski definition) is 7. The SMILES string of the molecule is CN(Cc1cccn1-c1nncs1)Cc1cccn1-c1nncs1. The Bertz CT molecular complexity index is 818. The second-order valence-corrected chi connectivity index (χ2v) is 6.98. The largest absolute Gasteiger partial charge is 0.295 e. The van der Waals surface area contributed by atoms with Gasteiger partial charge in [0.15, 0.2) is 0 Å². The van der Waals surface area contributed by atoms with E-state index in [4.69, 9.17) is 0 Å². The molecular weight excluding hydrogens is 342 g/mol. The maximum Gasteiger partial charge on any atom is 0.216 e. The van der Waals surface area contributed by atoms with Gasteiger partial charge in [-0.15, -0.1) is 20.4 Å². The quantitative estimate of drug-likeness (QED) is 0.531. The van der Waals surface area contributed by atoms with Crippen LogP contribution in [0.3, 0.4) is 0 Å². The Kier molecular flexibility index (Phi) is 4.20. The zero-order chi connectivity index (χ0) is 16.4. The molecule has 0 N–H and O–H groups in total. The third kappa shape index (κ3) is 3.01. The zero-order valence-corrected chi connectivity index (χ0v) is 14.6. The van der Waals surface area contributed by atoms with E-state index in [9.17, 15) is 0 Å². The first-order chi connectivity index (χ1) is 11.8. The predicted molar refractivity (Wildman–Crippen MR) is 93.6 cm³/mol. The number of aromatic nitrogens is 6. The van der Waals surface area contributed by atoms with Crippen molar-refractivity contribution in [3.63, 3.8) is 0 Å². The van der Waals surface area contributed by atoms with Crippen LogP contribution in [0.4, 0.5) is 0 Å². The summed E-state index contributed by atoms with van der Waals surface area (Å²) in [6.07, 6.45) is 4.04. The Morgan fingerprint density at radius 2 is 1.38 bits per heavy atom. The molecular formula is C15H15N7S2. The topological polar surface area (TPSA) is 64.7 Å². The molecule has 0 radical (unpaired) electrons. The fraction of sp³-hybridized carbons (Fsp3) is 0.200. The van der Waals surface area contributed by atoms with E-state index in [1.165, 1.54) is 34.1 Å². The number of hydrogen-bond donors (Lipinski definition) is 0. The van der Waals surface area contributed by atoms with Crippen LogP contribution in [0.25, 0.3) is 10.3 Å². The van der Waals surface area contributed by atoms with Crippen molar-refractivity contribution >= 4 is 22.7 Å². The van der Waals surface area contributed by atoms with Crippen molar-refractivity contribution in [2.75, 3.05) is 7.05 Å². The average Bonchev–Trinajstić information content (AvgIpc) is 3.35. The molecule has 4 rings (SSSR count). The summed E-state index contributed by atoms with van der Waals surface area (Å²) in [7, 11) is 2.11. The first kappa shape index (κ1) is 15.2. The van der Waals surface area contributed by atoms with E-state index >= 15 is 0 Å². The molecule has 0 spiro atoms. The van der Waals surface area contributed by atoms with Crippen LogP contribution in [0.5, 0.6) is 0 Å². The summed E-state index contributed by atoms with van der Waals surface area (Å²) >= 11 is 3.06. The summed E-state index contributed by atoms with van der Waals surface area (Å²) in [5, 5.41) is 17.9. The molecule has 24 heavy (non-hydrogen) atoms. The molecule has 4 aromatic heterocycles. The second kappa shape index (κ2) is 6.63. The molecule has 0 amide bonds. The smallest absolute Gasteiger partial charge is 0.216 e. The van der Waals surface area contributed by atoms with Gasteiger partial charge in [-0.05, 0) is 31.3 Å². The molecule has 0 aliphatic rings. The highest BCUT2D eigenvalue weighted by Crippen LogP contribution is 2.18. The summed E-state index contributed by atoms with van der Waals surface area (Å²) in [5.74, 6) is 0. The fourth-order valence-corrected chi connectivity index (χ4v) is 3.77. The van der Waals surface area contributed by atoms with E-state index in [0.29, 0.717) is 0 Å². The first-order valence-corrected chi connectivity index (χ1v) is 9.11. The molecule has 4 aromatic rings. The highest BCUT2D eigenvalue weighted by atomic mass is 32.1. The van der Waals surface area contributed by atoms with Crippen LogP contribution in [0.15, 0.2) is 47.7 Å². The van der Waals surface area contributed by atoms with Gasteiger partial charge in [-0.1, -0.05) is 22.7 Å². The highest BCUT2D eigenvalue weighted by Gasteiger charge is 2.12. The molecule has 0 aromatic carbocycles. The summed E-state index contributed by atoms with van der Waals surface area (Å²) in [4.78, 5) is 2.26. The van der Waals surface area contributed by atoms with E-state index in [1.807, 2.05) is 24.5 Å². The lowest BCUT2D eigenvalue weighted by Crippen LogP contribution is -2.20. The second-order valence-electron chi connectivity index (χ2n) is 5.35. The standard InChI is InChI=1S/C15H15N7S2/c1-20(8-12-4-2-6-21(12)14-18-16-10-23-14)9-13-5-3-7-22(13)15-19-17-11-24-15/h2-7,10-11H,8-9H2,1H3. The predicted octanol–water partition coefficient (Wildman–Crippen LogP) is 2.60. The van der Waals surface area contributed by atoms with Gasteiger partial charge in [0.1, 0.15) is 11.0 Å². The van der Waals surface area contributed by atoms with Crippen molar-refractivity contribution in [2.24, 2.45) is 0 Å². The van der Waals surface area contributed by atoms with Crippen LogP contribution in [0, 0.1) is 0 Å². The van der Waals surface area contributed by atoms with Crippen molar-refractivity contribution in [1.29, 1.82) is 0 Å². The van der Waals surface area contributed by atoms with Gasteiger partial charge in [0.2, 0.25) is 10.3 Å². The number of nitrogens with zero attached hydrogens (tertiary/aromatic N) is 7. The molecule has 4 heterocycles. The minimum Gasteiger partial charge on any atom is -0.295 e. The van der Waals surface area contributed by atoms with Gasteiger partial charge in [0.25, 0.3) is 0 Å². The molecule has 0 fully saturated rings. The van der Waals surface area contributed by atoms with Crippen molar-refractivity contribution < 1.29 is 0 Å². The van der Waals surface area contributed by atoms with Crippen LogP contribution >= 0.6 is 22.7 Å². The lowest BCUT2D eigenvalue weighted by atomic mass is 10.3. The first-order valence-electron chi connectivity index (χ1n) is 7.35. The molecule has 0 atom stereocenters. The minimum absolute atomic E-state index is 0.813. The molecule has 0 bridgehead atoms. The molecule has 0 unspecified atom stereocenters. The van der Waals surface area contributed by atoms with Gasteiger partial charge in [0, 0.05) is 36.9 Å². The highest BCUT2D eigenvalue weighted by molar-refractivity contribution is 7.12. The molecule has 0 aliphatic carbocycles. The Balaban J connectivity index is 1.50. The van der Waals surface area contributed by atoms with Crippen molar-refractivity contribution in [3.8, 4) is 10.3 Å². The van der Waals surface area contributed by atoms with Crippen molar-refractivity contribution in [2.45, 2.75) is 13.1 Å². The molecule has 0 saturated carbocycles. The van der Waals surface area contributed by atoms with Crippen LogP contribution in [-0.4, -0.2) is 41.5 Å². The monoisotopic (exact) mass is 357 g/mol. The van der Waals surface area contributed by atoms with E-state index in [0.717, 1.165) is 23.4 Å². The van der Waals surface area contributed by atoms with E-state index in [1.54, 1.807) is 11.0 Å². The molecule has 122 valence electrons. The Morgan fingerprint density at radius 3 is 1.79 bits per heavy atom. The fourth-order valence-electron chi connectivity index (χ4n) is 2.62. The van der Waals surface area contributed by atoms with Crippen LogP contribution in [0.2, 0.25) is 0 Å². The van der Waals surface area contributed by atoms with E-state index in [2.05, 4.69) is 53.6 Å². The third-order valence-electron chi connectivity index (χ3n) is 3.64. The van der Waals surface area contributed by atoms with Gasteiger partial charge in [-0.3, -0.25) is 14.0 Å². The van der Waals surface area contributed by atoms with Crippen LogP contribution in [0.1, 0.15) is 11.4 Å². The van der Waals surface area contributed by atoms with Gasteiger partial charge in [-0.2, -0.15) is 0 Å². The average molecular weight is 357 g/mol. The maximum atomic E-state index is 4.15. The van der Waals surface area contributed by atoms with Gasteiger partial charge in [0.05, 0.1) is 0 Å². The lowest BCUT2D eigenvalue weighted by molar-refractivity contribution is 0.307. The summed E-state index contributed by atoms with van der Waals surface area (Å²) in [6, 6.07) is 8.30. The molecule has 7 nitrogen and oxygen atoms in total. The van der Waals surface area contributed by atoms with E-state index in [-0.39, 0.29) is 0 Å². The summed E-state index contributed by atoms with van der Waals surface area (Å²) in [6.45, 7) is 1.63. The Morgan fingerprint density at radius 1 is 0.875 bits per heavy atom. The lowest BCUT2D eigenvalue weighted by Gasteiger charge is -2.18. The minimum atomic E-state index is 0.813. The van der Waals surface area contributed by atoms with Crippen LogP contribution in [-0.2, 0) is 13.1 Å².